The van der Waals surface area contributed by atoms with Gasteiger partial charge in [0.15, 0.2) is 5.69 Å². The van der Waals surface area contributed by atoms with Gasteiger partial charge in [-0.05, 0) is 25.8 Å². The number of aryl methyl sites for hydroxylation is 1. The topological polar surface area (TPSA) is 68.2 Å². The monoisotopic (exact) mass is 318 g/mol. The van der Waals surface area contributed by atoms with Crippen molar-refractivity contribution in [2.45, 2.75) is 25.7 Å². The maximum Gasteiger partial charge on any atom is 0.274 e. The molecule has 2 aromatic heterocycles. The van der Waals surface area contributed by atoms with Crippen LogP contribution < -0.4 is 4.74 Å². The highest BCUT2D eigenvalue weighted by atomic mass is 32.1. The van der Waals surface area contributed by atoms with E-state index in [1.54, 1.807) is 23.5 Å². The maximum atomic E-state index is 12.5. The van der Waals surface area contributed by atoms with Crippen molar-refractivity contribution in [2.24, 2.45) is 0 Å². The number of hydrogen-bond donors (Lipinski definition) is 0. The number of hydrogen-bond acceptors (Lipinski definition) is 6. The van der Waals surface area contributed by atoms with E-state index < -0.39 is 0 Å². The summed E-state index contributed by atoms with van der Waals surface area (Å²) in [6, 6.07) is 3.32. The van der Waals surface area contributed by atoms with Gasteiger partial charge in [0.05, 0.1) is 12.1 Å². The van der Waals surface area contributed by atoms with Gasteiger partial charge in [0.25, 0.3) is 5.91 Å². The molecule has 3 heterocycles. The zero-order chi connectivity index (χ0) is 15.5. The molecule has 3 rings (SSSR count). The van der Waals surface area contributed by atoms with Gasteiger partial charge in [-0.15, -0.1) is 21.5 Å². The number of methoxy groups -OCH3 is 1. The molecule has 0 bridgehead atoms. The average molecular weight is 318 g/mol. The van der Waals surface area contributed by atoms with E-state index in [4.69, 9.17) is 4.74 Å². The third-order valence-corrected chi connectivity index (χ3v) is 4.89. The van der Waals surface area contributed by atoms with Crippen molar-refractivity contribution in [2.75, 3.05) is 20.2 Å². The molecule has 116 valence electrons. The van der Waals surface area contributed by atoms with Crippen molar-refractivity contribution >= 4 is 17.2 Å². The van der Waals surface area contributed by atoms with Gasteiger partial charge >= 0.3 is 0 Å². The standard InChI is InChI=1S/C15H18N4O2S/c1-10-9-22-14(16-10)11-4-3-7-19(8-11)15(20)12-5-6-13(21-2)18-17-12/h5-6,9,11H,3-4,7-8H2,1-2H3/t11-/m1/s1. The summed E-state index contributed by atoms with van der Waals surface area (Å²) in [6.45, 7) is 3.45. The zero-order valence-corrected chi connectivity index (χ0v) is 13.5. The second-order valence-electron chi connectivity index (χ2n) is 5.38. The second kappa shape index (κ2) is 6.39. The molecule has 0 radical (unpaired) electrons. The lowest BCUT2D eigenvalue weighted by Gasteiger charge is -2.31. The van der Waals surface area contributed by atoms with Gasteiger partial charge in [-0.25, -0.2) is 4.98 Å². The minimum absolute atomic E-state index is 0.0758. The molecule has 0 N–H and O–H groups in total. The lowest BCUT2D eigenvalue weighted by Crippen LogP contribution is -2.39. The normalized spacial score (nSPS) is 18.3. The predicted molar refractivity (Wildman–Crippen MR) is 83.3 cm³/mol. The molecule has 1 fully saturated rings. The fraction of sp³-hybridized carbons (Fsp3) is 0.467. The average Bonchev–Trinajstić information content (AvgIpc) is 3.01. The Kier molecular flexibility index (Phi) is 4.33. The number of thiazole rings is 1. The van der Waals surface area contributed by atoms with Gasteiger partial charge in [-0.2, -0.15) is 0 Å². The van der Waals surface area contributed by atoms with Crippen molar-refractivity contribution in [3.05, 3.63) is 33.9 Å². The van der Waals surface area contributed by atoms with Crippen molar-refractivity contribution in [1.82, 2.24) is 20.1 Å². The number of rotatable bonds is 3. The van der Waals surface area contributed by atoms with Gasteiger partial charge in [0.1, 0.15) is 0 Å². The van der Waals surface area contributed by atoms with E-state index in [0.29, 0.717) is 24.0 Å². The second-order valence-corrected chi connectivity index (χ2v) is 6.27. The van der Waals surface area contributed by atoms with Gasteiger partial charge in [-0.1, -0.05) is 0 Å². The fourth-order valence-corrected chi connectivity index (χ4v) is 3.55. The molecule has 1 amide bonds. The van der Waals surface area contributed by atoms with Crippen LogP contribution in [-0.4, -0.2) is 46.2 Å². The van der Waals surface area contributed by atoms with Gasteiger partial charge in [0.2, 0.25) is 5.88 Å². The first kappa shape index (κ1) is 14.9. The first-order valence-electron chi connectivity index (χ1n) is 7.26. The first-order chi connectivity index (χ1) is 10.7. The molecule has 1 atom stereocenters. The lowest BCUT2D eigenvalue weighted by atomic mass is 9.98. The third-order valence-electron chi connectivity index (χ3n) is 3.76. The van der Waals surface area contributed by atoms with Crippen LogP contribution in [0.15, 0.2) is 17.5 Å². The van der Waals surface area contributed by atoms with Gasteiger partial charge < -0.3 is 9.64 Å². The van der Waals surface area contributed by atoms with E-state index in [0.717, 1.165) is 30.1 Å². The van der Waals surface area contributed by atoms with Gasteiger partial charge in [0, 0.05) is 36.1 Å². The lowest BCUT2D eigenvalue weighted by molar-refractivity contribution is 0.0699. The van der Waals surface area contributed by atoms with Crippen molar-refractivity contribution < 1.29 is 9.53 Å². The number of carbonyl (C=O) groups is 1. The smallest absolute Gasteiger partial charge is 0.274 e. The summed E-state index contributed by atoms with van der Waals surface area (Å²) in [6.07, 6.45) is 2.06. The molecule has 2 aromatic rings. The largest absolute Gasteiger partial charge is 0.480 e. The SMILES string of the molecule is COc1ccc(C(=O)N2CCC[C@@H](c3nc(C)cs3)C2)nn1. The molecule has 6 nitrogen and oxygen atoms in total. The van der Waals surface area contributed by atoms with Crippen LogP contribution in [0.25, 0.3) is 0 Å². The highest BCUT2D eigenvalue weighted by Gasteiger charge is 2.27. The molecule has 0 spiro atoms. The van der Waals surface area contributed by atoms with Crippen LogP contribution >= 0.6 is 11.3 Å². The van der Waals surface area contributed by atoms with Crippen LogP contribution in [0.4, 0.5) is 0 Å². The van der Waals surface area contributed by atoms with Crippen LogP contribution in [-0.2, 0) is 0 Å². The van der Waals surface area contributed by atoms with Crippen LogP contribution in [0.5, 0.6) is 5.88 Å². The summed E-state index contributed by atoms with van der Waals surface area (Å²) in [5.74, 6) is 0.655. The number of carbonyl (C=O) groups excluding carboxylic acids is 1. The van der Waals surface area contributed by atoms with E-state index >= 15 is 0 Å². The van der Waals surface area contributed by atoms with E-state index in [9.17, 15) is 4.79 Å². The fourth-order valence-electron chi connectivity index (χ4n) is 2.63. The highest BCUT2D eigenvalue weighted by molar-refractivity contribution is 7.09. The van der Waals surface area contributed by atoms with Crippen LogP contribution in [0.3, 0.4) is 0 Å². The molecule has 0 aromatic carbocycles. The number of nitrogens with zero attached hydrogens (tertiary/aromatic N) is 4. The Morgan fingerprint density at radius 2 is 2.27 bits per heavy atom. The van der Waals surface area contributed by atoms with Crippen LogP contribution in [0.1, 0.15) is 39.9 Å². The molecular formula is C15H18N4O2S. The summed E-state index contributed by atoms with van der Waals surface area (Å²) in [5.41, 5.74) is 1.40. The summed E-state index contributed by atoms with van der Waals surface area (Å²) >= 11 is 1.68. The zero-order valence-electron chi connectivity index (χ0n) is 12.7. The molecule has 0 aliphatic carbocycles. The van der Waals surface area contributed by atoms with Crippen LogP contribution in [0, 0.1) is 6.92 Å². The number of aromatic nitrogens is 3. The Labute approximate surface area is 133 Å². The maximum absolute atomic E-state index is 12.5. The van der Waals surface area contributed by atoms with Gasteiger partial charge in [-0.3, -0.25) is 4.79 Å². The minimum atomic E-state index is -0.0758. The molecule has 1 aliphatic heterocycles. The Balaban J connectivity index is 1.71. The third kappa shape index (κ3) is 3.09. The summed E-state index contributed by atoms with van der Waals surface area (Å²) in [4.78, 5) is 19.0. The van der Waals surface area contributed by atoms with Crippen molar-refractivity contribution in [1.29, 1.82) is 0 Å². The molecular weight excluding hydrogens is 300 g/mol. The Morgan fingerprint density at radius 1 is 1.41 bits per heavy atom. The number of ether oxygens (including phenoxy) is 1. The predicted octanol–water partition coefficient (Wildman–Crippen LogP) is 2.27. The van der Waals surface area contributed by atoms with E-state index in [1.165, 1.54) is 7.11 Å². The summed E-state index contributed by atoms with van der Waals surface area (Å²) < 4.78 is 4.97. The Hall–Kier alpha value is -2.02. The number of likely N-dealkylation sites (tertiary alicyclic amines) is 1. The summed E-state index contributed by atoms with van der Waals surface area (Å²) in [5, 5.41) is 11.0. The molecule has 1 saturated heterocycles. The van der Waals surface area contributed by atoms with Crippen LogP contribution in [0.2, 0.25) is 0 Å². The molecule has 22 heavy (non-hydrogen) atoms. The number of amides is 1. The molecule has 0 unspecified atom stereocenters. The van der Waals surface area contributed by atoms with E-state index in [2.05, 4.69) is 20.6 Å². The van der Waals surface area contributed by atoms with Crippen molar-refractivity contribution in [3.8, 4) is 5.88 Å². The van der Waals surface area contributed by atoms with E-state index in [1.807, 2.05) is 11.8 Å². The minimum Gasteiger partial charge on any atom is -0.480 e. The molecule has 1 aliphatic rings. The first-order valence-corrected chi connectivity index (χ1v) is 8.14. The van der Waals surface area contributed by atoms with E-state index in [-0.39, 0.29) is 5.91 Å². The summed E-state index contributed by atoms with van der Waals surface area (Å²) in [7, 11) is 1.52. The quantitative estimate of drug-likeness (QED) is 0.868. The number of piperidine rings is 1. The highest BCUT2D eigenvalue weighted by Crippen LogP contribution is 2.29. The molecule has 7 heteroatoms. The molecule has 0 saturated carbocycles. The Morgan fingerprint density at radius 3 is 2.91 bits per heavy atom. The Bertz CT molecular complexity index is 656. The van der Waals surface area contributed by atoms with Crippen molar-refractivity contribution in [3.63, 3.8) is 0 Å².